The summed E-state index contributed by atoms with van der Waals surface area (Å²) in [6.07, 6.45) is -3.62. The Bertz CT molecular complexity index is 4370. The molecule has 0 spiro atoms. The molecule has 13 rings (SSSR count). The summed E-state index contributed by atoms with van der Waals surface area (Å²) in [5.74, 6) is -13.7. The van der Waals surface area contributed by atoms with Crippen LogP contribution < -0.4 is 56.2 Å². The molecule has 30 heteroatoms. The molecule has 17 bridgehead atoms. The molecule has 28 nitrogen and oxygen atoms in total. The van der Waals surface area contributed by atoms with Crippen molar-refractivity contribution < 1.29 is 103 Å². The zero-order chi connectivity index (χ0) is 68.8. The van der Waals surface area contributed by atoms with E-state index in [0.717, 1.165) is 61.7 Å². The third-order valence-corrected chi connectivity index (χ3v) is 16.2. The fourth-order valence-electron chi connectivity index (χ4n) is 11.2. The number of alkyl carbamates (subject to hydrolysis) is 1. The minimum absolute atomic E-state index is 0.00569. The molecule has 6 aliphatic heterocycles. The van der Waals surface area contributed by atoms with Crippen molar-refractivity contribution in [2.24, 2.45) is 0 Å². The summed E-state index contributed by atoms with van der Waals surface area (Å²) in [6.45, 7) is 3.68. The van der Waals surface area contributed by atoms with Crippen molar-refractivity contribution in [3.05, 3.63) is 164 Å². The summed E-state index contributed by atoms with van der Waals surface area (Å²) in [5, 5.41) is 96.7. The number of aromatic hydroxyl groups is 5. The molecule has 96 heavy (non-hydrogen) atoms. The highest BCUT2D eigenvalue weighted by atomic mass is 35.5. The van der Waals surface area contributed by atoms with Crippen LogP contribution in [-0.2, 0) is 49.5 Å². The highest BCUT2D eigenvalue weighted by molar-refractivity contribution is 6.32. The number of rotatable bonds is 5. The first-order valence-corrected chi connectivity index (χ1v) is 30.1. The third-order valence-electron chi connectivity index (χ3n) is 15.6. The van der Waals surface area contributed by atoms with Gasteiger partial charge in [-0.2, -0.15) is 0 Å². The zero-order valence-corrected chi connectivity index (χ0v) is 52.3. The van der Waals surface area contributed by atoms with Gasteiger partial charge in [0.15, 0.2) is 29.0 Å². The van der Waals surface area contributed by atoms with Gasteiger partial charge in [-0.1, -0.05) is 47.5 Å². The van der Waals surface area contributed by atoms with Crippen LogP contribution in [0.5, 0.6) is 69.0 Å². The first-order valence-electron chi connectivity index (χ1n) is 29.3. The number of aliphatic hydroxyl groups is 2. The van der Waals surface area contributed by atoms with Crippen LogP contribution in [0.4, 0.5) is 4.79 Å². The average Bonchev–Trinajstić information content (AvgIpc) is 0.777. The minimum atomic E-state index is -2.19. The number of carbonyl (C=O) groups is 8. The Hall–Kier alpha value is -11.2. The summed E-state index contributed by atoms with van der Waals surface area (Å²) in [7, 11) is 0.962. The molecule has 0 unspecified atom stereocenters. The first-order chi connectivity index (χ1) is 45.6. The van der Waals surface area contributed by atoms with E-state index in [-0.39, 0.29) is 94.8 Å². The third kappa shape index (κ3) is 13.9. The highest BCUT2D eigenvalue weighted by Gasteiger charge is 2.42. The SMILES string of the molecule is COC(=O)[C@@H]1NC(=O)[C@H]2NC(=O)[C@H](NC(=O)[C@@H]3NC(=O)[C@H]4NC(=O)[C@@H](Cc5ccc(c(Cl)c5)Oc5cc3cc(c5OCCO)Oc3ccc(cc3Cl)[C@H]2O)NC(=O)[C@@H](NC(=O)OC(C)(C)C)c2ccc(O)c(c2)Oc2cc(O)cc4c2)c2ccc(O)c(c2)-c2c(O)cc(O)cc21. The number of hydrogen-bond acceptors (Lipinski definition) is 21. The lowest BCUT2D eigenvalue weighted by Gasteiger charge is -2.31. The van der Waals surface area contributed by atoms with E-state index in [0.29, 0.717) is 0 Å². The molecular formula is C66H59Cl2N7O21. The molecule has 7 aromatic rings. The molecule has 6 aliphatic rings. The van der Waals surface area contributed by atoms with Crippen molar-refractivity contribution in [3.8, 4) is 80.1 Å². The van der Waals surface area contributed by atoms with Gasteiger partial charge in [0.05, 0.1) is 23.8 Å². The molecule has 8 atom stereocenters. The van der Waals surface area contributed by atoms with Crippen LogP contribution in [0.1, 0.15) is 96.0 Å². The number of benzene rings is 7. The maximum atomic E-state index is 16.0. The van der Waals surface area contributed by atoms with Crippen LogP contribution in [-0.4, -0.2) is 121 Å². The van der Waals surface area contributed by atoms with Crippen LogP contribution >= 0.6 is 23.2 Å². The summed E-state index contributed by atoms with van der Waals surface area (Å²) in [4.78, 5) is 120. The van der Waals surface area contributed by atoms with Gasteiger partial charge in [-0.15, -0.1) is 0 Å². The Morgan fingerprint density at radius 1 is 0.573 bits per heavy atom. The first kappa shape index (κ1) is 66.3. The van der Waals surface area contributed by atoms with Crippen molar-refractivity contribution in [2.75, 3.05) is 20.3 Å². The van der Waals surface area contributed by atoms with E-state index in [1.165, 1.54) is 60.7 Å². The topological polar surface area (TPSA) is 418 Å². The largest absolute Gasteiger partial charge is 0.508 e. The zero-order valence-electron chi connectivity index (χ0n) is 50.8. The molecule has 7 amide bonds. The van der Waals surface area contributed by atoms with Gasteiger partial charge in [0.2, 0.25) is 41.2 Å². The summed E-state index contributed by atoms with van der Waals surface area (Å²) < 4.78 is 35.8. The van der Waals surface area contributed by atoms with E-state index < -0.39 is 155 Å². The number of fused-ring (bicyclic) bond motifs is 14. The molecule has 498 valence electrons. The maximum Gasteiger partial charge on any atom is 0.408 e. The molecule has 6 heterocycles. The second-order valence-electron chi connectivity index (χ2n) is 23.4. The van der Waals surface area contributed by atoms with Gasteiger partial charge >= 0.3 is 12.1 Å². The fourth-order valence-corrected chi connectivity index (χ4v) is 11.6. The Balaban J connectivity index is 1.15. The maximum absolute atomic E-state index is 16.0. The van der Waals surface area contributed by atoms with E-state index in [1.54, 1.807) is 20.8 Å². The van der Waals surface area contributed by atoms with Crippen molar-refractivity contribution >= 4 is 70.7 Å². The standard InChI is InChI=1S/C66H59Cl2N7O21/c1-66(2,3)96-65(90)75-51-29-7-10-42(80)46(21-29)93-35-18-31(17-33(77)24-35)52-61(86)72-53-32-22-47(94-44-11-5-27(15-38(44)67)16-40(58(83)70-52)69-59(51)84)57(92-14-13-76)48(23-32)95-45-12-8-30(20-39(45)68)56(82)55-63(88)73-54(64(89)91-4)37-25-34(78)26-43(81)49(37)36-19-28(6-9-41(36)79)50(60(85)74-55)71-62(53)87/h5-12,15,17-26,40,50-56,76-82H,13-14,16H2,1-4H3,(H,69,84)(H,70,83)(H,71,87)(H,72,86)(H,73,88)(H,74,85)(H,75,90)/t40-,50-,51+,52+,53-,54-,55+,56-/m1/s1. The number of amides is 7. The van der Waals surface area contributed by atoms with Gasteiger partial charge in [0.1, 0.15) is 94.8 Å². The number of phenols is 5. The number of methoxy groups -OCH3 is 1. The monoisotopic (exact) mass is 1360 g/mol. The van der Waals surface area contributed by atoms with Gasteiger partial charge in [-0.3, -0.25) is 28.8 Å². The number of esters is 1. The molecule has 7 aromatic carbocycles. The van der Waals surface area contributed by atoms with E-state index in [9.17, 15) is 54.9 Å². The Morgan fingerprint density at radius 2 is 1.17 bits per heavy atom. The van der Waals surface area contributed by atoms with Crippen LogP contribution in [0.3, 0.4) is 0 Å². The summed E-state index contributed by atoms with van der Waals surface area (Å²) in [5.41, 5.74) is -2.98. The second kappa shape index (κ2) is 26.7. The quantitative estimate of drug-likeness (QED) is 0.0840. The minimum Gasteiger partial charge on any atom is -0.508 e. The predicted octanol–water partition coefficient (Wildman–Crippen LogP) is 6.30. The number of ether oxygens (including phenoxy) is 6. The van der Waals surface area contributed by atoms with Crippen molar-refractivity contribution in [2.45, 2.75) is 81.2 Å². The predicted molar refractivity (Wildman–Crippen MR) is 335 cm³/mol. The number of phenolic OH excluding ortho intramolecular Hbond substituents is 5. The van der Waals surface area contributed by atoms with Gasteiger partial charge in [-0.25, -0.2) is 9.59 Å². The normalized spacial score (nSPS) is 20.9. The number of carbonyl (C=O) groups excluding carboxylic acids is 8. The lowest BCUT2D eigenvalue weighted by Crippen LogP contribution is -2.55. The number of hydrogen-bond donors (Lipinski definition) is 14. The second-order valence-corrected chi connectivity index (χ2v) is 24.3. The van der Waals surface area contributed by atoms with Crippen LogP contribution in [0.25, 0.3) is 11.1 Å². The van der Waals surface area contributed by atoms with E-state index in [2.05, 4.69) is 37.2 Å². The van der Waals surface area contributed by atoms with Gasteiger partial charge in [0, 0.05) is 35.2 Å². The Labute approximate surface area is 553 Å². The van der Waals surface area contributed by atoms with E-state index >= 15 is 19.2 Å². The number of halogens is 2. The number of aliphatic hydroxyl groups excluding tert-OH is 2. The van der Waals surface area contributed by atoms with Gasteiger partial charge < -0.3 is 101 Å². The van der Waals surface area contributed by atoms with Crippen molar-refractivity contribution in [1.82, 2.24) is 37.2 Å². The summed E-state index contributed by atoms with van der Waals surface area (Å²) >= 11 is 14.0. The Morgan fingerprint density at radius 3 is 1.82 bits per heavy atom. The average molecular weight is 1360 g/mol. The van der Waals surface area contributed by atoms with Crippen molar-refractivity contribution in [1.29, 1.82) is 0 Å². The van der Waals surface area contributed by atoms with Gasteiger partial charge in [0.25, 0.3) is 0 Å². The molecule has 0 saturated carbocycles. The lowest BCUT2D eigenvalue weighted by atomic mass is 9.89. The molecular weight excluding hydrogens is 1300 g/mol. The van der Waals surface area contributed by atoms with Crippen LogP contribution in [0.15, 0.2) is 115 Å². The van der Waals surface area contributed by atoms with Crippen molar-refractivity contribution in [3.63, 3.8) is 0 Å². The molecule has 0 radical (unpaired) electrons. The van der Waals surface area contributed by atoms with Crippen LogP contribution in [0, 0.1) is 0 Å². The van der Waals surface area contributed by atoms with Crippen LogP contribution in [0.2, 0.25) is 10.0 Å². The smallest absolute Gasteiger partial charge is 0.408 e. The summed E-state index contributed by atoms with van der Waals surface area (Å²) in [6, 6.07) is 8.39. The molecule has 0 fully saturated rings. The molecule has 0 aromatic heterocycles. The highest BCUT2D eigenvalue weighted by Crippen LogP contribution is 2.49. The molecule has 0 aliphatic carbocycles. The molecule has 0 saturated heterocycles. The number of nitrogens with one attached hydrogen (secondary N) is 7. The lowest BCUT2D eigenvalue weighted by molar-refractivity contribution is -0.146. The molecule has 14 N–H and O–H groups in total. The fraction of sp³-hybridized carbons (Fsp3) is 0.242. The van der Waals surface area contributed by atoms with E-state index in [4.69, 9.17) is 51.6 Å². The van der Waals surface area contributed by atoms with Gasteiger partial charge in [-0.05, 0) is 133 Å². The Kier molecular flexibility index (Phi) is 18.4. The van der Waals surface area contributed by atoms with E-state index in [1.807, 2.05) is 0 Å².